The van der Waals surface area contributed by atoms with Crippen molar-refractivity contribution >= 4 is 75.2 Å². The zero-order valence-electron chi connectivity index (χ0n) is 35.6. The van der Waals surface area contributed by atoms with Crippen LogP contribution in [0.4, 0.5) is 23.1 Å². The largest absolute Gasteiger partial charge is 0.478 e. The summed E-state index contributed by atoms with van der Waals surface area (Å²) in [6, 6.07) is 12.3. The monoisotopic (exact) mass is 878 g/mol. The number of pyridine rings is 1. The minimum absolute atomic E-state index is 0.00687. The van der Waals surface area contributed by atoms with Gasteiger partial charge in [-0.1, -0.05) is 11.6 Å². The Hall–Kier alpha value is -6.23. The van der Waals surface area contributed by atoms with Gasteiger partial charge in [0, 0.05) is 99.0 Å². The number of ether oxygens (including phenoxy) is 1. The van der Waals surface area contributed by atoms with Crippen molar-refractivity contribution in [3.05, 3.63) is 75.2 Å². The highest BCUT2D eigenvalue weighted by molar-refractivity contribution is 6.33. The van der Waals surface area contributed by atoms with Crippen LogP contribution < -0.4 is 36.0 Å². The number of likely N-dealkylation sites (tertiary alicyclic amines) is 1. The molecule has 0 radical (unpaired) electrons. The minimum atomic E-state index is -0.644. The van der Waals surface area contributed by atoms with Crippen molar-refractivity contribution in [2.24, 2.45) is 11.3 Å². The second-order valence-electron chi connectivity index (χ2n) is 17.7. The van der Waals surface area contributed by atoms with Crippen LogP contribution in [-0.2, 0) is 25.7 Å². The fraction of sp³-hybridized carbons (Fsp3) is 0.467. The number of carbonyl (C=O) groups is 5. The van der Waals surface area contributed by atoms with E-state index in [1.165, 1.54) is 7.05 Å². The van der Waals surface area contributed by atoms with Crippen LogP contribution in [0.5, 0.6) is 5.75 Å². The van der Waals surface area contributed by atoms with E-state index in [0.29, 0.717) is 72.5 Å². The smallest absolute Gasteiger partial charge is 0.293 e. The fourth-order valence-electron chi connectivity index (χ4n) is 9.92. The Bertz CT molecular complexity index is 2590. The topological polar surface area (TPSA) is 191 Å². The molecule has 2 unspecified atom stereocenters. The van der Waals surface area contributed by atoms with Crippen molar-refractivity contribution in [1.29, 1.82) is 0 Å². The average Bonchev–Trinajstić information content (AvgIpc) is 3.99. The van der Waals surface area contributed by atoms with Crippen LogP contribution in [0.2, 0.25) is 5.02 Å². The third-order valence-electron chi connectivity index (χ3n) is 13.3. The molecule has 0 saturated carbocycles. The maximum atomic E-state index is 14.0. The molecule has 17 nitrogen and oxygen atoms in total. The van der Waals surface area contributed by atoms with E-state index in [9.17, 15) is 28.8 Å². The average molecular weight is 879 g/mol. The number of fused-ring (bicyclic) bond motifs is 2. The van der Waals surface area contributed by atoms with Crippen molar-refractivity contribution < 1.29 is 28.7 Å². The molecule has 5 aliphatic heterocycles. The third kappa shape index (κ3) is 8.14. The van der Waals surface area contributed by atoms with Gasteiger partial charge in [0.1, 0.15) is 11.1 Å². The van der Waals surface area contributed by atoms with E-state index in [1.807, 2.05) is 44.2 Å². The lowest BCUT2D eigenvalue weighted by atomic mass is 9.86. The second kappa shape index (κ2) is 16.8. The summed E-state index contributed by atoms with van der Waals surface area (Å²) in [6.45, 7) is 8.26. The third-order valence-corrected chi connectivity index (χ3v) is 13.6. The van der Waals surface area contributed by atoms with Crippen LogP contribution in [0.3, 0.4) is 0 Å². The SMILES string of the molecule is CNC(=O)COc1cc2cc(Nc3nc(N4CCC(C(=O)N5CCC6(CCN(c7ccc8c(c7)CN(C7CCC(=O)NC7=O)C8=O)C6)C5)CC4)ncc3Cl)ccc2n(C(C)C)c1=O. The molecule has 1 spiro atoms. The number of likely N-dealkylation sites (N-methyl/N-ethyl adjacent to an activating group) is 1. The molecule has 18 heteroatoms. The highest BCUT2D eigenvalue weighted by Crippen LogP contribution is 2.43. The van der Waals surface area contributed by atoms with E-state index in [4.69, 9.17) is 21.3 Å². The number of imide groups is 1. The number of aromatic nitrogens is 3. The van der Waals surface area contributed by atoms with E-state index in [1.54, 1.807) is 21.7 Å². The number of piperidine rings is 2. The molecule has 9 rings (SSSR count). The molecule has 4 aromatic rings. The van der Waals surface area contributed by atoms with Gasteiger partial charge in [-0.2, -0.15) is 4.98 Å². The second-order valence-corrected chi connectivity index (χ2v) is 18.1. The number of amides is 5. The first-order valence-corrected chi connectivity index (χ1v) is 22.1. The molecule has 5 amide bonds. The molecule has 4 saturated heterocycles. The van der Waals surface area contributed by atoms with Gasteiger partial charge in [0.25, 0.3) is 17.4 Å². The van der Waals surface area contributed by atoms with Crippen molar-refractivity contribution in [3.63, 3.8) is 0 Å². The molecule has 330 valence electrons. The molecule has 2 atom stereocenters. The standard InChI is InChI=1S/C45H51ClN10O7/c1-26(2)56-34-7-4-30(18-28(34)20-36(43(56)62)63-23-38(58)47-3)49-39-33(46)21-48-44(51-39)52-14-10-27(11-15-52)41(60)54-17-13-45(25-54)12-16-53(24-45)31-5-6-32-29(19-31)22-55(42(32)61)35-8-9-37(57)50-40(35)59/h4-7,18-21,26-27,35H,8-17,22-25H2,1-3H3,(H,47,58)(H,48,49,51)(H,50,57,59). The van der Waals surface area contributed by atoms with Crippen molar-refractivity contribution in [3.8, 4) is 5.75 Å². The van der Waals surface area contributed by atoms with E-state index in [0.717, 1.165) is 55.7 Å². The van der Waals surface area contributed by atoms with Crippen molar-refractivity contribution in [2.45, 2.75) is 71.0 Å². The number of benzene rings is 2. The maximum absolute atomic E-state index is 14.0. The summed E-state index contributed by atoms with van der Waals surface area (Å²) in [5, 5.41) is 9.24. The fourth-order valence-corrected chi connectivity index (χ4v) is 10.1. The number of rotatable bonds is 10. The van der Waals surface area contributed by atoms with E-state index >= 15 is 0 Å². The van der Waals surface area contributed by atoms with Gasteiger partial charge in [0.05, 0.1) is 11.7 Å². The summed E-state index contributed by atoms with van der Waals surface area (Å²) in [5.74, 6) is -0.119. The number of hydrogen-bond donors (Lipinski definition) is 3. The zero-order valence-corrected chi connectivity index (χ0v) is 36.4. The summed E-state index contributed by atoms with van der Waals surface area (Å²) in [6.07, 6.45) is 5.40. The van der Waals surface area contributed by atoms with E-state index < -0.39 is 11.9 Å². The minimum Gasteiger partial charge on any atom is -0.478 e. The lowest BCUT2D eigenvalue weighted by Crippen LogP contribution is -2.52. The van der Waals surface area contributed by atoms with Crippen LogP contribution in [-0.4, -0.2) is 113 Å². The molecule has 3 N–H and O–H groups in total. The molecular formula is C45H51ClN10O7. The van der Waals surface area contributed by atoms with Gasteiger partial charge in [-0.3, -0.25) is 34.1 Å². The first kappa shape index (κ1) is 42.1. The van der Waals surface area contributed by atoms with Crippen LogP contribution >= 0.6 is 11.6 Å². The lowest BCUT2D eigenvalue weighted by Gasteiger charge is -2.34. The molecule has 4 fully saturated rings. The van der Waals surface area contributed by atoms with Crippen LogP contribution in [0.25, 0.3) is 10.9 Å². The molecule has 63 heavy (non-hydrogen) atoms. The number of nitrogens with one attached hydrogen (secondary N) is 3. The number of carbonyl (C=O) groups excluding carboxylic acids is 5. The van der Waals surface area contributed by atoms with Gasteiger partial charge in [-0.05, 0) is 94.0 Å². The van der Waals surface area contributed by atoms with Crippen LogP contribution in [0, 0.1) is 11.3 Å². The van der Waals surface area contributed by atoms with Crippen LogP contribution in [0.1, 0.15) is 74.3 Å². The molecule has 2 aromatic heterocycles. The summed E-state index contributed by atoms with van der Waals surface area (Å²) >= 11 is 6.60. The number of anilines is 4. The predicted octanol–water partition coefficient (Wildman–Crippen LogP) is 4.00. The van der Waals surface area contributed by atoms with Gasteiger partial charge in [-0.15, -0.1) is 0 Å². The molecule has 5 aliphatic rings. The highest BCUT2D eigenvalue weighted by atomic mass is 35.5. The normalized spacial score (nSPS) is 21.5. The van der Waals surface area contributed by atoms with Gasteiger partial charge >= 0.3 is 0 Å². The number of nitrogens with zero attached hydrogens (tertiary/aromatic N) is 7. The van der Waals surface area contributed by atoms with Crippen LogP contribution in [0.15, 0.2) is 53.5 Å². The Morgan fingerprint density at radius 2 is 1.76 bits per heavy atom. The van der Waals surface area contributed by atoms with Gasteiger partial charge in [0.2, 0.25) is 23.7 Å². The summed E-state index contributed by atoms with van der Waals surface area (Å²) in [4.78, 5) is 94.0. The molecule has 7 heterocycles. The summed E-state index contributed by atoms with van der Waals surface area (Å²) < 4.78 is 7.25. The Balaban J connectivity index is 0.804. The first-order valence-electron chi connectivity index (χ1n) is 21.7. The van der Waals surface area contributed by atoms with Crippen molar-refractivity contribution in [2.75, 3.05) is 68.0 Å². The molecule has 0 bridgehead atoms. The van der Waals surface area contributed by atoms with Gasteiger partial charge < -0.3 is 39.5 Å². The quantitative estimate of drug-likeness (QED) is 0.195. The predicted molar refractivity (Wildman–Crippen MR) is 236 cm³/mol. The summed E-state index contributed by atoms with van der Waals surface area (Å²) in [7, 11) is 1.51. The van der Waals surface area contributed by atoms with Gasteiger partial charge in [0.15, 0.2) is 18.2 Å². The highest BCUT2D eigenvalue weighted by Gasteiger charge is 2.46. The van der Waals surface area contributed by atoms with Crippen molar-refractivity contribution in [1.82, 2.24) is 35.0 Å². The Labute approximate surface area is 369 Å². The van der Waals surface area contributed by atoms with E-state index in [2.05, 4.69) is 41.7 Å². The molecule has 0 aliphatic carbocycles. The Kier molecular flexibility index (Phi) is 11.2. The zero-order chi connectivity index (χ0) is 44.2. The summed E-state index contributed by atoms with van der Waals surface area (Å²) in [5.41, 5.74) is 3.61. The maximum Gasteiger partial charge on any atom is 0.293 e. The Morgan fingerprint density at radius 1 is 0.968 bits per heavy atom. The Morgan fingerprint density at radius 3 is 2.52 bits per heavy atom. The number of hydrogen-bond acceptors (Lipinski definition) is 12. The van der Waals surface area contributed by atoms with E-state index in [-0.39, 0.29) is 65.3 Å². The molecular weight excluding hydrogens is 828 g/mol. The number of halogens is 1. The lowest BCUT2D eigenvalue weighted by molar-refractivity contribution is -0.137. The molecule has 2 aromatic carbocycles. The van der Waals surface area contributed by atoms with Gasteiger partial charge in [-0.25, -0.2) is 4.98 Å². The first-order chi connectivity index (χ1) is 30.3.